The Bertz CT molecular complexity index is 773. The summed E-state index contributed by atoms with van der Waals surface area (Å²) in [7, 11) is 5.41. The van der Waals surface area contributed by atoms with Crippen LogP contribution in [-0.4, -0.2) is 39.6 Å². The number of anilines is 1. The summed E-state index contributed by atoms with van der Waals surface area (Å²) >= 11 is 0. The van der Waals surface area contributed by atoms with Gasteiger partial charge in [-0.15, -0.1) is 0 Å². The van der Waals surface area contributed by atoms with E-state index in [2.05, 4.69) is 5.32 Å². The van der Waals surface area contributed by atoms with E-state index in [9.17, 15) is 9.59 Å². The average Bonchev–Trinajstić information content (AvgIpc) is 2.64. The van der Waals surface area contributed by atoms with Gasteiger partial charge in [0.25, 0.3) is 11.8 Å². The molecule has 7 nitrogen and oxygen atoms in total. The van der Waals surface area contributed by atoms with Crippen LogP contribution in [0, 0.1) is 0 Å². The predicted molar refractivity (Wildman–Crippen MR) is 99.6 cm³/mol. The van der Waals surface area contributed by atoms with Gasteiger partial charge in [-0.05, 0) is 35.9 Å². The van der Waals surface area contributed by atoms with Crippen molar-refractivity contribution >= 4 is 17.5 Å². The first-order chi connectivity index (χ1) is 12.4. The number of ether oxygens (including phenoxy) is 2. The van der Waals surface area contributed by atoms with E-state index in [0.717, 1.165) is 11.3 Å². The number of methoxy groups -OCH3 is 1. The Kier molecular flexibility index (Phi) is 6.43. The van der Waals surface area contributed by atoms with Gasteiger partial charge in [0.05, 0.1) is 7.11 Å². The van der Waals surface area contributed by atoms with Crippen molar-refractivity contribution in [3.63, 3.8) is 0 Å². The molecule has 7 heteroatoms. The lowest BCUT2D eigenvalue weighted by Gasteiger charge is -2.13. The number of hydrogen-bond acceptors (Lipinski definition) is 5. The molecule has 138 valence electrons. The van der Waals surface area contributed by atoms with Crippen molar-refractivity contribution in [2.24, 2.45) is 5.73 Å². The van der Waals surface area contributed by atoms with Crippen LogP contribution < -0.4 is 25.4 Å². The molecule has 3 N–H and O–H groups in total. The fourth-order valence-electron chi connectivity index (χ4n) is 2.27. The third-order valence-corrected chi connectivity index (χ3v) is 3.70. The molecule has 26 heavy (non-hydrogen) atoms. The van der Waals surface area contributed by atoms with E-state index in [1.165, 1.54) is 7.11 Å². The van der Waals surface area contributed by atoms with E-state index in [0.29, 0.717) is 23.6 Å². The first-order valence-corrected chi connectivity index (χ1v) is 8.04. The number of nitrogens with two attached hydrogens (primary N) is 1. The summed E-state index contributed by atoms with van der Waals surface area (Å²) in [4.78, 5) is 25.2. The van der Waals surface area contributed by atoms with Crippen molar-refractivity contribution in [3.8, 4) is 11.5 Å². The molecule has 2 aromatic carbocycles. The van der Waals surface area contributed by atoms with Gasteiger partial charge < -0.3 is 25.4 Å². The molecule has 0 spiro atoms. The fraction of sp³-hybridized carbons (Fsp3) is 0.263. The quantitative estimate of drug-likeness (QED) is 0.748. The van der Waals surface area contributed by atoms with Crippen LogP contribution in [0.1, 0.15) is 15.9 Å². The zero-order valence-corrected chi connectivity index (χ0v) is 15.1. The number of hydrogen-bond donors (Lipinski definition) is 2. The van der Waals surface area contributed by atoms with Gasteiger partial charge in [0.1, 0.15) is 0 Å². The summed E-state index contributed by atoms with van der Waals surface area (Å²) in [5, 5.41) is 2.86. The minimum absolute atomic E-state index is 0.235. The monoisotopic (exact) mass is 357 g/mol. The maximum absolute atomic E-state index is 12.3. The molecule has 0 saturated heterocycles. The lowest BCUT2D eigenvalue weighted by atomic mass is 10.1. The number of rotatable bonds is 8. The molecule has 0 aliphatic rings. The van der Waals surface area contributed by atoms with Crippen LogP contribution in [0.15, 0.2) is 42.5 Å². The fourth-order valence-corrected chi connectivity index (χ4v) is 2.27. The number of carbonyl (C=O) groups is 2. The van der Waals surface area contributed by atoms with Crippen LogP contribution in [0.3, 0.4) is 0 Å². The van der Waals surface area contributed by atoms with Crippen molar-refractivity contribution in [1.29, 1.82) is 0 Å². The second-order valence-electron chi connectivity index (χ2n) is 5.86. The Balaban J connectivity index is 2.01. The molecular formula is C19H23N3O4. The summed E-state index contributed by atoms with van der Waals surface area (Å²) in [5.41, 5.74) is 7.58. The van der Waals surface area contributed by atoms with E-state index in [1.807, 2.05) is 43.3 Å². The molecule has 2 amide bonds. The first-order valence-electron chi connectivity index (χ1n) is 8.04. The maximum atomic E-state index is 12.3. The van der Waals surface area contributed by atoms with Crippen LogP contribution in [0.4, 0.5) is 5.69 Å². The second-order valence-corrected chi connectivity index (χ2v) is 5.86. The lowest BCUT2D eigenvalue weighted by molar-refractivity contribution is -0.119. The van der Waals surface area contributed by atoms with Crippen LogP contribution in [0.5, 0.6) is 11.5 Å². The number of benzene rings is 2. The maximum Gasteiger partial charge on any atom is 0.255 e. The predicted octanol–water partition coefficient (Wildman–Crippen LogP) is 1.56. The molecule has 0 heterocycles. The summed E-state index contributed by atoms with van der Waals surface area (Å²) in [6.45, 7) is 0.152. The summed E-state index contributed by atoms with van der Waals surface area (Å²) in [6, 6.07) is 12.7. The zero-order valence-electron chi connectivity index (χ0n) is 15.1. The smallest absolute Gasteiger partial charge is 0.255 e. The van der Waals surface area contributed by atoms with E-state index in [1.54, 1.807) is 18.2 Å². The van der Waals surface area contributed by atoms with E-state index in [-0.39, 0.29) is 12.5 Å². The number of primary amides is 1. The molecule has 0 aliphatic heterocycles. The molecule has 2 aromatic rings. The number of nitrogens with zero attached hydrogens (tertiary/aromatic N) is 1. The van der Waals surface area contributed by atoms with Gasteiger partial charge in [0, 0.05) is 31.9 Å². The number of carbonyl (C=O) groups excluding carboxylic acids is 2. The average molecular weight is 357 g/mol. The Morgan fingerprint density at radius 3 is 2.35 bits per heavy atom. The SMILES string of the molecule is COc1cc(C(=O)NCc2ccc(N(C)C)cc2)ccc1OCC(N)=O. The summed E-state index contributed by atoms with van der Waals surface area (Å²) in [6.07, 6.45) is 0. The van der Waals surface area contributed by atoms with E-state index >= 15 is 0 Å². The van der Waals surface area contributed by atoms with Crippen LogP contribution in [0.2, 0.25) is 0 Å². The zero-order chi connectivity index (χ0) is 19.1. The van der Waals surface area contributed by atoms with Gasteiger partial charge in [0.15, 0.2) is 18.1 Å². The first kappa shape index (κ1) is 19.1. The highest BCUT2D eigenvalue weighted by molar-refractivity contribution is 5.94. The molecule has 0 bridgehead atoms. The molecule has 0 saturated carbocycles. The molecule has 0 unspecified atom stereocenters. The van der Waals surface area contributed by atoms with Crippen molar-refractivity contribution in [3.05, 3.63) is 53.6 Å². The number of amides is 2. The van der Waals surface area contributed by atoms with Crippen LogP contribution in [-0.2, 0) is 11.3 Å². The van der Waals surface area contributed by atoms with E-state index in [4.69, 9.17) is 15.2 Å². The highest BCUT2D eigenvalue weighted by Gasteiger charge is 2.12. The van der Waals surface area contributed by atoms with Crippen molar-refractivity contribution in [2.45, 2.75) is 6.54 Å². The minimum Gasteiger partial charge on any atom is -0.493 e. The number of nitrogens with one attached hydrogen (secondary N) is 1. The molecule has 2 rings (SSSR count). The Labute approximate surface area is 152 Å². The summed E-state index contributed by atoms with van der Waals surface area (Å²) < 4.78 is 10.5. The minimum atomic E-state index is -0.589. The van der Waals surface area contributed by atoms with E-state index < -0.39 is 5.91 Å². The normalized spacial score (nSPS) is 10.1. The van der Waals surface area contributed by atoms with Gasteiger partial charge in [-0.25, -0.2) is 0 Å². The molecule has 0 aliphatic carbocycles. The van der Waals surface area contributed by atoms with Gasteiger partial charge >= 0.3 is 0 Å². The Morgan fingerprint density at radius 2 is 1.77 bits per heavy atom. The molecule has 0 radical (unpaired) electrons. The van der Waals surface area contributed by atoms with Gasteiger partial charge in [-0.1, -0.05) is 12.1 Å². The largest absolute Gasteiger partial charge is 0.493 e. The van der Waals surface area contributed by atoms with Crippen LogP contribution in [0.25, 0.3) is 0 Å². The van der Waals surface area contributed by atoms with Gasteiger partial charge in [0.2, 0.25) is 0 Å². The standard InChI is InChI=1S/C19H23N3O4/c1-22(2)15-7-4-13(5-8-15)11-21-19(24)14-6-9-16(17(10-14)25-3)26-12-18(20)23/h4-10H,11-12H2,1-3H3,(H2,20,23)(H,21,24). The third kappa shape index (κ3) is 5.14. The molecule has 0 atom stereocenters. The summed E-state index contributed by atoms with van der Waals surface area (Å²) in [5.74, 6) is -0.119. The highest BCUT2D eigenvalue weighted by Crippen LogP contribution is 2.28. The molecule has 0 aromatic heterocycles. The Morgan fingerprint density at radius 1 is 1.08 bits per heavy atom. The second kappa shape index (κ2) is 8.75. The van der Waals surface area contributed by atoms with Crippen molar-refractivity contribution in [2.75, 3.05) is 32.7 Å². The Hall–Kier alpha value is -3.22. The van der Waals surface area contributed by atoms with Crippen molar-refractivity contribution < 1.29 is 19.1 Å². The van der Waals surface area contributed by atoms with Crippen LogP contribution >= 0.6 is 0 Å². The highest BCUT2D eigenvalue weighted by atomic mass is 16.5. The van der Waals surface area contributed by atoms with Gasteiger partial charge in [-0.3, -0.25) is 9.59 Å². The molecular weight excluding hydrogens is 334 g/mol. The topological polar surface area (TPSA) is 93.9 Å². The third-order valence-electron chi connectivity index (χ3n) is 3.70. The molecule has 0 fully saturated rings. The lowest BCUT2D eigenvalue weighted by Crippen LogP contribution is -2.23. The van der Waals surface area contributed by atoms with Gasteiger partial charge in [-0.2, -0.15) is 0 Å². The van der Waals surface area contributed by atoms with Crippen molar-refractivity contribution in [1.82, 2.24) is 5.32 Å².